The fourth-order valence-electron chi connectivity index (χ4n) is 3.23. The summed E-state index contributed by atoms with van der Waals surface area (Å²) in [6.07, 6.45) is 5.03. The summed E-state index contributed by atoms with van der Waals surface area (Å²) in [7, 11) is 0. The molecule has 1 aliphatic carbocycles. The molecule has 0 atom stereocenters. The third-order valence-electron chi connectivity index (χ3n) is 4.67. The number of rotatable bonds is 4. The maximum atomic E-state index is 13.0. The summed E-state index contributed by atoms with van der Waals surface area (Å²) in [5, 5.41) is 16.5. The fourth-order valence-corrected chi connectivity index (χ4v) is 3.23. The maximum Gasteiger partial charge on any atom is 0.329 e. The maximum absolute atomic E-state index is 13.0. The van der Waals surface area contributed by atoms with Gasteiger partial charge in [-0.2, -0.15) is 5.10 Å². The van der Waals surface area contributed by atoms with Gasteiger partial charge in [0.25, 0.3) is 5.91 Å². The van der Waals surface area contributed by atoms with Crippen LogP contribution in [-0.2, 0) is 4.79 Å². The van der Waals surface area contributed by atoms with Crippen molar-refractivity contribution < 1.29 is 19.1 Å². The average Bonchev–Trinajstić information content (AvgIpc) is 2.98. The molecule has 0 radical (unpaired) electrons. The van der Waals surface area contributed by atoms with E-state index in [2.05, 4.69) is 10.4 Å². The van der Waals surface area contributed by atoms with Crippen molar-refractivity contribution in [3.05, 3.63) is 47.5 Å². The topological polar surface area (TPSA) is 84.2 Å². The number of aliphatic carboxylic acids is 1. The number of halogens is 1. The van der Waals surface area contributed by atoms with Gasteiger partial charge in [0.2, 0.25) is 0 Å². The molecule has 0 saturated heterocycles. The van der Waals surface area contributed by atoms with E-state index < -0.39 is 17.4 Å². The van der Waals surface area contributed by atoms with E-state index in [1.165, 1.54) is 16.8 Å². The molecule has 6 nitrogen and oxygen atoms in total. The van der Waals surface area contributed by atoms with E-state index in [4.69, 9.17) is 0 Å². The highest BCUT2D eigenvalue weighted by Gasteiger charge is 2.41. The van der Waals surface area contributed by atoms with Crippen LogP contribution in [-0.4, -0.2) is 32.3 Å². The van der Waals surface area contributed by atoms with Crippen molar-refractivity contribution in [2.75, 3.05) is 0 Å². The van der Waals surface area contributed by atoms with Crippen LogP contribution in [0.15, 0.2) is 30.5 Å². The smallest absolute Gasteiger partial charge is 0.329 e. The van der Waals surface area contributed by atoms with Gasteiger partial charge in [-0.15, -0.1) is 0 Å². The molecule has 0 spiro atoms. The normalized spacial score (nSPS) is 16.4. The Bertz CT molecular complexity index is 792. The Balaban J connectivity index is 1.85. The van der Waals surface area contributed by atoms with E-state index >= 15 is 0 Å². The second-order valence-electron chi connectivity index (χ2n) is 6.48. The van der Waals surface area contributed by atoms with Crippen molar-refractivity contribution in [3.8, 4) is 5.69 Å². The Labute approximate surface area is 144 Å². The Morgan fingerprint density at radius 3 is 2.44 bits per heavy atom. The molecule has 1 fully saturated rings. The van der Waals surface area contributed by atoms with Crippen LogP contribution in [0.4, 0.5) is 4.39 Å². The van der Waals surface area contributed by atoms with Crippen molar-refractivity contribution >= 4 is 11.9 Å². The molecule has 0 bridgehead atoms. The first kappa shape index (κ1) is 17.1. The lowest BCUT2D eigenvalue weighted by Gasteiger charge is -2.33. The zero-order valence-corrected chi connectivity index (χ0v) is 14.0. The molecule has 1 aromatic heterocycles. The second-order valence-corrected chi connectivity index (χ2v) is 6.48. The number of nitrogens with zero attached hydrogens (tertiary/aromatic N) is 2. The molecule has 0 unspecified atom stereocenters. The summed E-state index contributed by atoms with van der Waals surface area (Å²) in [6, 6.07) is 5.74. The second kappa shape index (κ2) is 6.66. The molecule has 1 saturated carbocycles. The van der Waals surface area contributed by atoms with Crippen LogP contribution in [0.1, 0.15) is 48.2 Å². The number of hydrogen-bond acceptors (Lipinski definition) is 3. The molecule has 25 heavy (non-hydrogen) atoms. The highest BCUT2D eigenvalue weighted by molar-refractivity contribution is 5.97. The minimum Gasteiger partial charge on any atom is -0.480 e. The average molecular weight is 345 g/mol. The van der Waals surface area contributed by atoms with Crippen LogP contribution in [0.3, 0.4) is 0 Å². The predicted molar refractivity (Wildman–Crippen MR) is 89.2 cm³/mol. The number of aromatic nitrogens is 2. The van der Waals surface area contributed by atoms with Crippen LogP contribution in [0, 0.1) is 12.7 Å². The fraction of sp³-hybridized carbons (Fsp3) is 0.389. The number of carboxylic acid groups (broad SMARTS) is 1. The van der Waals surface area contributed by atoms with Gasteiger partial charge in [0.05, 0.1) is 5.69 Å². The van der Waals surface area contributed by atoms with E-state index in [0.717, 1.165) is 19.3 Å². The van der Waals surface area contributed by atoms with Gasteiger partial charge in [-0.25, -0.2) is 13.9 Å². The molecule has 7 heteroatoms. The Kier molecular flexibility index (Phi) is 4.57. The van der Waals surface area contributed by atoms with Crippen molar-refractivity contribution in [1.82, 2.24) is 15.1 Å². The van der Waals surface area contributed by atoms with Crippen molar-refractivity contribution in [1.29, 1.82) is 0 Å². The summed E-state index contributed by atoms with van der Waals surface area (Å²) in [5.74, 6) is -1.86. The highest BCUT2D eigenvalue weighted by atomic mass is 19.1. The monoisotopic (exact) mass is 345 g/mol. The number of amides is 1. The van der Waals surface area contributed by atoms with Crippen LogP contribution in [0.5, 0.6) is 0 Å². The van der Waals surface area contributed by atoms with Crippen molar-refractivity contribution in [3.63, 3.8) is 0 Å². The van der Waals surface area contributed by atoms with Crippen LogP contribution >= 0.6 is 0 Å². The van der Waals surface area contributed by atoms with Gasteiger partial charge in [0.15, 0.2) is 5.69 Å². The summed E-state index contributed by atoms with van der Waals surface area (Å²) in [6.45, 7) is 1.73. The molecule has 132 valence electrons. The molecular weight excluding hydrogens is 325 g/mol. The van der Waals surface area contributed by atoms with E-state index in [1.54, 1.807) is 25.3 Å². The van der Waals surface area contributed by atoms with Crippen LogP contribution < -0.4 is 5.32 Å². The van der Waals surface area contributed by atoms with Crippen LogP contribution in [0.2, 0.25) is 0 Å². The van der Waals surface area contributed by atoms with Gasteiger partial charge in [-0.1, -0.05) is 19.3 Å². The first-order valence-electron chi connectivity index (χ1n) is 8.29. The lowest BCUT2D eigenvalue weighted by atomic mass is 9.81. The molecule has 2 N–H and O–H groups in total. The summed E-state index contributed by atoms with van der Waals surface area (Å²) in [4.78, 5) is 24.3. The number of benzene rings is 1. The number of carbonyl (C=O) groups excluding carboxylic acids is 1. The number of aryl methyl sites for hydroxylation is 1. The van der Waals surface area contributed by atoms with Crippen LogP contribution in [0.25, 0.3) is 5.69 Å². The quantitative estimate of drug-likeness (QED) is 0.892. The zero-order valence-electron chi connectivity index (χ0n) is 14.0. The zero-order chi connectivity index (χ0) is 18.0. The predicted octanol–water partition coefficient (Wildman–Crippen LogP) is 2.84. The van der Waals surface area contributed by atoms with Gasteiger partial charge in [0, 0.05) is 11.8 Å². The number of nitrogens with one attached hydrogen (secondary N) is 1. The number of carboxylic acids is 1. The number of hydrogen-bond donors (Lipinski definition) is 2. The van der Waals surface area contributed by atoms with Gasteiger partial charge < -0.3 is 10.4 Å². The van der Waals surface area contributed by atoms with E-state index in [9.17, 15) is 19.1 Å². The third-order valence-corrected chi connectivity index (χ3v) is 4.67. The largest absolute Gasteiger partial charge is 0.480 e. The summed E-state index contributed by atoms with van der Waals surface area (Å²) >= 11 is 0. The Morgan fingerprint density at radius 1 is 1.20 bits per heavy atom. The Hall–Kier alpha value is -2.70. The van der Waals surface area contributed by atoms with E-state index in [1.807, 2.05) is 0 Å². The molecule has 0 aliphatic heterocycles. The van der Waals surface area contributed by atoms with Gasteiger partial charge >= 0.3 is 5.97 Å². The highest BCUT2D eigenvalue weighted by Crippen LogP contribution is 2.29. The van der Waals surface area contributed by atoms with Crippen molar-refractivity contribution in [2.45, 2.75) is 44.6 Å². The summed E-state index contributed by atoms with van der Waals surface area (Å²) in [5.41, 5.74) is 0.199. The first-order chi connectivity index (χ1) is 11.9. The third kappa shape index (κ3) is 3.40. The first-order valence-corrected chi connectivity index (χ1v) is 8.29. The molecule has 1 aliphatic rings. The molecule has 2 aromatic rings. The van der Waals surface area contributed by atoms with Crippen molar-refractivity contribution in [2.24, 2.45) is 0 Å². The number of carbonyl (C=O) groups is 2. The minimum absolute atomic E-state index is 0.176. The van der Waals surface area contributed by atoms with Gasteiger partial charge in [0.1, 0.15) is 11.4 Å². The molecule has 1 heterocycles. The molecule has 3 rings (SSSR count). The lowest BCUT2D eigenvalue weighted by molar-refractivity contribution is -0.145. The SMILES string of the molecule is Cc1cn(-c2ccc(F)cc2)nc1C(=O)NC1(C(=O)O)CCCCC1. The Morgan fingerprint density at radius 2 is 1.84 bits per heavy atom. The summed E-state index contributed by atoms with van der Waals surface area (Å²) < 4.78 is 14.5. The minimum atomic E-state index is -1.22. The molecule has 1 amide bonds. The van der Waals surface area contributed by atoms with Gasteiger partial charge in [-0.05, 0) is 44.0 Å². The lowest BCUT2D eigenvalue weighted by Crippen LogP contribution is -2.55. The molecular formula is C18H20FN3O3. The van der Waals surface area contributed by atoms with E-state index in [-0.39, 0.29) is 11.5 Å². The van der Waals surface area contributed by atoms with Gasteiger partial charge in [-0.3, -0.25) is 4.79 Å². The standard InChI is InChI=1S/C18H20FN3O3/c1-12-11-22(14-7-5-13(19)6-8-14)21-15(12)16(23)20-18(17(24)25)9-3-2-4-10-18/h5-8,11H,2-4,9-10H2,1H3,(H,20,23)(H,24,25). The van der Waals surface area contributed by atoms with E-state index in [0.29, 0.717) is 24.1 Å². The molecule has 1 aromatic carbocycles.